The maximum Gasteiger partial charge on any atom is 0.212 e. The lowest BCUT2D eigenvalue weighted by molar-refractivity contribution is 0.590. The fourth-order valence-electron chi connectivity index (χ4n) is 0.200. The van der Waals surface area contributed by atoms with Gasteiger partial charge in [0.1, 0.15) is 0 Å². The molecular weight excluding hydrogens is 90.1 g/mol. The minimum Gasteiger partial charge on any atom is -0.348 e. The summed E-state index contributed by atoms with van der Waals surface area (Å²) in [6, 6.07) is 0. The van der Waals surface area contributed by atoms with Crippen LogP contribution in [0.1, 0.15) is 0 Å². The zero-order chi connectivity index (χ0) is 5.86. The second-order valence-electron chi connectivity index (χ2n) is 1.44. The van der Waals surface area contributed by atoms with Crippen LogP contribution in [0.3, 0.4) is 0 Å². The molecule has 1 radical (unpaired) electrons. The Morgan fingerprint density at radius 3 is 2.00 bits per heavy atom. The van der Waals surface area contributed by atoms with Crippen molar-refractivity contribution < 1.29 is 0 Å². The summed E-state index contributed by atoms with van der Waals surface area (Å²) in [5, 5.41) is 10.5. The Kier molecular flexibility index (Phi) is 2.19. The standard InChI is InChI=1S/C4H10N3/c1-6-4(5)7(2)3/h5H,1-3H3. The zero-order valence-electron chi connectivity index (χ0n) is 4.89. The molecule has 0 saturated carbocycles. The first-order valence-electron chi connectivity index (χ1n) is 2.04. The molecule has 0 aromatic carbocycles. The molecule has 0 spiro atoms. The maximum atomic E-state index is 6.95. The molecule has 0 saturated heterocycles. The third-order valence-electron chi connectivity index (χ3n) is 0.635. The highest BCUT2D eigenvalue weighted by Gasteiger charge is 1.90. The van der Waals surface area contributed by atoms with Gasteiger partial charge in [0.05, 0.1) is 0 Å². The van der Waals surface area contributed by atoms with Crippen molar-refractivity contribution in [3.05, 3.63) is 0 Å². The summed E-state index contributed by atoms with van der Waals surface area (Å²) in [6.07, 6.45) is 0. The Morgan fingerprint density at radius 1 is 1.57 bits per heavy atom. The van der Waals surface area contributed by atoms with Crippen molar-refractivity contribution >= 4 is 5.96 Å². The van der Waals surface area contributed by atoms with E-state index >= 15 is 0 Å². The summed E-state index contributed by atoms with van der Waals surface area (Å²) in [7, 11) is 5.17. The minimum atomic E-state index is 0.306. The van der Waals surface area contributed by atoms with Crippen molar-refractivity contribution in [2.24, 2.45) is 0 Å². The van der Waals surface area contributed by atoms with E-state index in [0.29, 0.717) is 5.96 Å². The molecule has 0 rings (SSSR count). The van der Waals surface area contributed by atoms with Gasteiger partial charge in [0.15, 0.2) is 0 Å². The molecule has 0 aromatic heterocycles. The smallest absolute Gasteiger partial charge is 0.212 e. The molecule has 0 aliphatic rings. The van der Waals surface area contributed by atoms with Crippen LogP contribution in [0.5, 0.6) is 0 Å². The molecule has 0 aliphatic heterocycles. The van der Waals surface area contributed by atoms with Crippen LogP contribution in [-0.2, 0) is 0 Å². The van der Waals surface area contributed by atoms with Crippen LogP contribution in [-0.4, -0.2) is 32.0 Å². The van der Waals surface area contributed by atoms with Crippen LogP contribution < -0.4 is 5.32 Å². The van der Waals surface area contributed by atoms with E-state index in [-0.39, 0.29) is 0 Å². The van der Waals surface area contributed by atoms with Crippen molar-refractivity contribution in [3.63, 3.8) is 0 Å². The van der Waals surface area contributed by atoms with Gasteiger partial charge in [-0.1, -0.05) is 0 Å². The molecule has 0 unspecified atom stereocenters. The predicted octanol–water partition coefficient (Wildman–Crippen LogP) is -0.283. The zero-order valence-corrected chi connectivity index (χ0v) is 4.89. The van der Waals surface area contributed by atoms with E-state index in [1.54, 1.807) is 26.0 Å². The summed E-state index contributed by atoms with van der Waals surface area (Å²) in [6.45, 7) is 0. The molecule has 0 bridgehead atoms. The Bertz CT molecular complexity index is 67.3. The predicted molar refractivity (Wildman–Crippen MR) is 29.5 cm³/mol. The molecular formula is C4H10N3. The first kappa shape index (κ1) is 6.27. The van der Waals surface area contributed by atoms with E-state index in [9.17, 15) is 0 Å². The lowest BCUT2D eigenvalue weighted by Gasteiger charge is -2.08. The van der Waals surface area contributed by atoms with Crippen LogP contribution in [0.15, 0.2) is 0 Å². The number of hydrogen-bond donors (Lipinski definition) is 1. The Hall–Kier alpha value is -0.730. The monoisotopic (exact) mass is 100 g/mol. The quantitative estimate of drug-likeness (QED) is 0.330. The number of nitrogens with one attached hydrogen (secondary N) is 1. The van der Waals surface area contributed by atoms with Gasteiger partial charge < -0.3 is 4.90 Å². The van der Waals surface area contributed by atoms with E-state index in [0.717, 1.165) is 0 Å². The Labute approximate surface area is 43.8 Å². The Morgan fingerprint density at radius 2 is 2.00 bits per heavy atom. The van der Waals surface area contributed by atoms with E-state index < -0.39 is 0 Å². The van der Waals surface area contributed by atoms with Crippen molar-refractivity contribution in [2.75, 3.05) is 21.1 Å². The van der Waals surface area contributed by atoms with Gasteiger partial charge in [0.2, 0.25) is 5.96 Å². The van der Waals surface area contributed by atoms with Crippen LogP contribution in [0, 0.1) is 5.41 Å². The molecule has 1 N–H and O–H groups in total. The molecule has 0 heterocycles. The summed E-state index contributed by atoms with van der Waals surface area (Å²) in [4.78, 5) is 1.64. The molecule has 0 atom stereocenters. The minimum absolute atomic E-state index is 0.306. The number of nitrogens with zero attached hydrogens (tertiary/aromatic N) is 2. The molecule has 3 heteroatoms. The maximum absolute atomic E-state index is 6.95. The van der Waals surface area contributed by atoms with Crippen LogP contribution in [0.25, 0.3) is 0 Å². The van der Waals surface area contributed by atoms with Gasteiger partial charge in [-0.05, 0) is 0 Å². The fourth-order valence-corrected chi connectivity index (χ4v) is 0.200. The van der Waals surface area contributed by atoms with E-state index in [4.69, 9.17) is 5.41 Å². The number of hydrogen-bond acceptors (Lipinski definition) is 1. The van der Waals surface area contributed by atoms with Crippen LogP contribution in [0.2, 0.25) is 0 Å². The summed E-state index contributed by atoms with van der Waals surface area (Å²) in [5.74, 6) is 0.306. The van der Waals surface area contributed by atoms with E-state index in [2.05, 4.69) is 5.32 Å². The summed E-state index contributed by atoms with van der Waals surface area (Å²) >= 11 is 0. The van der Waals surface area contributed by atoms with Gasteiger partial charge in [0.25, 0.3) is 0 Å². The first-order chi connectivity index (χ1) is 3.18. The lowest BCUT2D eigenvalue weighted by Crippen LogP contribution is -2.27. The van der Waals surface area contributed by atoms with Gasteiger partial charge in [-0.15, -0.1) is 0 Å². The van der Waals surface area contributed by atoms with Crippen LogP contribution >= 0.6 is 0 Å². The van der Waals surface area contributed by atoms with E-state index in [1.165, 1.54) is 0 Å². The van der Waals surface area contributed by atoms with Crippen molar-refractivity contribution in [3.8, 4) is 0 Å². The van der Waals surface area contributed by atoms with E-state index in [1.807, 2.05) is 0 Å². The third kappa shape index (κ3) is 2.03. The molecule has 0 fully saturated rings. The SMILES string of the molecule is C[N]C(=N)N(C)C. The fraction of sp³-hybridized carbons (Fsp3) is 0.750. The highest BCUT2D eigenvalue weighted by atomic mass is 15.2. The van der Waals surface area contributed by atoms with Gasteiger partial charge >= 0.3 is 0 Å². The Balaban J connectivity index is 3.35. The van der Waals surface area contributed by atoms with Crippen molar-refractivity contribution in [1.82, 2.24) is 10.2 Å². The van der Waals surface area contributed by atoms with Gasteiger partial charge in [-0.3, -0.25) is 10.7 Å². The van der Waals surface area contributed by atoms with Gasteiger partial charge in [0, 0.05) is 21.1 Å². The average molecular weight is 100 g/mol. The molecule has 0 aromatic rings. The highest BCUT2D eigenvalue weighted by molar-refractivity contribution is 5.75. The topological polar surface area (TPSA) is 41.2 Å². The second kappa shape index (κ2) is 2.44. The van der Waals surface area contributed by atoms with Crippen molar-refractivity contribution in [1.29, 1.82) is 5.41 Å². The summed E-state index contributed by atoms with van der Waals surface area (Å²) in [5.41, 5.74) is 0. The molecule has 41 valence electrons. The molecule has 0 aliphatic carbocycles. The largest absolute Gasteiger partial charge is 0.348 e. The molecule has 3 nitrogen and oxygen atoms in total. The van der Waals surface area contributed by atoms with Gasteiger partial charge in [-0.25, -0.2) is 0 Å². The lowest BCUT2D eigenvalue weighted by atomic mass is 10.8. The number of guanidine groups is 1. The molecule has 7 heavy (non-hydrogen) atoms. The van der Waals surface area contributed by atoms with Crippen LogP contribution in [0.4, 0.5) is 0 Å². The number of rotatable bonds is 0. The van der Waals surface area contributed by atoms with Gasteiger partial charge in [-0.2, -0.15) is 0 Å². The normalized spacial score (nSPS) is 7.86. The second-order valence-corrected chi connectivity index (χ2v) is 1.44. The average Bonchev–Trinajstić information content (AvgIpc) is 1.65. The molecule has 0 amide bonds. The first-order valence-corrected chi connectivity index (χ1v) is 2.04. The van der Waals surface area contributed by atoms with Crippen molar-refractivity contribution in [2.45, 2.75) is 0 Å². The summed E-state index contributed by atoms with van der Waals surface area (Å²) < 4.78 is 0. The third-order valence-corrected chi connectivity index (χ3v) is 0.635. The highest BCUT2D eigenvalue weighted by Crippen LogP contribution is 1.69.